The zero-order chi connectivity index (χ0) is 10.2. The smallest absolute Gasteiger partial charge is 0.0645 e. The van der Waals surface area contributed by atoms with Gasteiger partial charge in [0.15, 0.2) is 0 Å². The van der Waals surface area contributed by atoms with Crippen molar-refractivity contribution in [1.29, 1.82) is 0 Å². The molecule has 0 amide bonds. The molecular formula is C13H27NO. The normalized spacial score (nSPS) is 28.6. The first-order valence-corrected chi connectivity index (χ1v) is 5.90. The SMILES string of the molecule is C.CC(C)(C)C[C@@H]1CCCN1C1COC1. The fourth-order valence-electron chi connectivity index (χ4n) is 2.68. The van der Waals surface area contributed by atoms with Crippen LogP contribution in [0.3, 0.4) is 0 Å². The van der Waals surface area contributed by atoms with Crippen LogP contribution in [0, 0.1) is 5.41 Å². The Morgan fingerprint density at radius 3 is 2.40 bits per heavy atom. The topological polar surface area (TPSA) is 12.5 Å². The molecule has 2 nitrogen and oxygen atoms in total. The van der Waals surface area contributed by atoms with Gasteiger partial charge in [0.05, 0.1) is 19.3 Å². The molecule has 0 saturated carbocycles. The number of nitrogens with zero attached hydrogens (tertiary/aromatic N) is 1. The predicted molar refractivity (Wildman–Crippen MR) is 65.1 cm³/mol. The van der Waals surface area contributed by atoms with Gasteiger partial charge in [-0.2, -0.15) is 0 Å². The van der Waals surface area contributed by atoms with E-state index in [0.29, 0.717) is 5.41 Å². The first kappa shape index (κ1) is 13.0. The molecule has 0 aromatic heterocycles. The van der Waals surface area contributed by atoms with Crippen LogP contribution in [-0.4, -0.2) is 36.7 Å². The van der Waals surface area contributed by atoms with Crippen molar-refractivity contribution in [3.8, 4) is 0 Å². The summed E-state index contributed by atoms with van der Waals surface area (Å²) in [4.78, 5) is 2.69. The van der Waals surface area contributed by atoms with E-state index >= 15 is 0 Å². The van der Waals surface area contributed by atoms with E-state index in [9.17, 15) is 0 Å². The second kappa shape index (κ2) is 4.84. The van der Waals surface area contributed by atoms with Crippen molar-refractivity contribution in [1.82, 2.24) is 4.90 Å². The second-order valence-electron chi connectivity index (χ2n) is 5.99. The first-order chi connectivity index (χ1) is 6.56. The molecule has 0 radical (unpaired) electrons. The van der Waals surface area contributed by atoms with Gasteiger partial charge in [-0.3, -0.25) is 4.90 Å². The van der Waals surface area contributed by atoms with E-state index in [-0.39, 0.29) is 7.43 Å². The van der Waals surface area contributed by atoms with E-state index in [2.05, 4.69) is 25.7 Å². The molecule has 2 aliphatic heterocycles. The van der Waals surface area contributed by atoms with E-state index in [1.54, 1.807) is 0 Å². The van der Waals surface area contributed by atoms with Gasteiger partial charge in [0, 0.05) is 6.04 Å². The monoisotopic (exact) mass is 213 g/mol. The minimum absolute atomic E-state index is 0. The van der Waals surface area contributed by atoms with E-state index < -0.39 is 0 Å². The fourth-order valence-corrected chi connectivity index (χ4v) is 2.68. The molecule has 2 fully saturated rings. The van der Waals surface area contributed by atoms with Gasteiger partial charge in [0.25, 0.3) is 0 Å². The third-order valence-corrected chi connectivity index (χ3v) is 3.36. The molecule has 90 valence electrons. The Hall–Kier alpha value is -0.0800. The predicted octanol–water partition coefficient (Wildman–Crippen LogP) is 2.92. The van der Waals surface area contributed by atoms with Crippen molar-refractivity contribution in [2.45, 2.75) is 59.5 Å². The Bertz CT molecular complexity index is 193. The summed E-state index contributed by atoms with van der Waals surface area (Å²) >= 11 is 0. The molecule has 0 N–H and O–H groups in total. The highest BCUT2D eigenvalue weighted by molar-refractivity contribution is 4.89. The standard InChI is InChI=1S/C12H23NO.CH4/c1-12(2,3)7-10-5-4-6-13(10)11-8-14-9-11;/h10-11H,4-9H2,1-3H3;1H4/t10-;/m0./s1. The van der Waals surface area contributed by atoms with Gasteiger partial charge in [-0.1, -0.05) is 28.2 Å². The maximum Gasteiger partial charge on any atom is 0.0645 e. The molecule has 2 rings (SSSR count). The molecule has 2 heteroatoms. The van der Waals surface area contributed by atoms with Crippen molar-refractivity contribution in [3.63, 3.8) is 0 Å². The zero-order valence-corrected chi connectivity index (χ0v) is 9.75. The van der Waals surface area contributed by atoms with E-state index in [0.717, 1.165) is 25.3 Å². The van der Waals surface area contributed by atoms with Crippen molar-refractivity contribution < 1.29 is 4.74 Å². The third-order valence-electron chi connectivity index (χ3n) is 3.36. The number of hydrogen-bond acceptors (Lipinski definition) is 2. The molecule has 0 aliphatic carbocycles. The lowest BCUT2D eigenvalue weighted by atomic mass is 9.87. The van der Waals surface area contributed by atoms with Crippen LogP contribution in [0.25, 0.3) is 0 Å². The Morgan fingerprint density at radius 1 is 1.27 bits per heavy atom. The molecule has 2 heterocycles. The highest BCUT2D eigenvalue weighted by Crippen LogP contribution is 2.32. The summed E-state index contributed by atoms with van der Waals surface area (Å²) in [6.07, 6.45) is 4.12. The quantitative estimate of drug-likeness (QED) is 0.699. The van der Waals surface area contributed by atoms with Gasteiger partial charge in [-0.25, -0.2) is 0 Å². The van der Waals surface area contributed by atoms with E-state index in [1.807, 2.05) is 0 Å². The van der Waals surface area contributed by atoms with Gasteiger partial charge in [-0.15, -0.1) is 0 Å². The van der Waals surface area contributed by atoms with Crippen LogP contribution in [-0.2, 0) is 4.74 Å². The molecule has 15 heavy (non-hydrogen) atoms. The molecule has 1 atom stereocenters. The van der Waals surface area contributed by atoms with Crippen LogP contribution in [0.2, 0.25) is 0 Å². The van der Waals surface area contributed by atoms with Crippen LogP contribution in [0.15, 0.2) is 0 Å². The first-order valence-electron chi connectivity index (χ1n) is 5.90. The maximum absolute atomic E-state index is 5.28. The van der Waals surface area contributed by atoms with Gasteiger partial charge in [0.1, 0.15) is 0 Å². The van der Waals surface area contributed by atoms with Crippen molar-refractivity contribution in [2.75, 3.05) is 19.8 Å². The van der Waals surface area contributed by atoms with Crippen molar-refractivity contribution in [3.05, 3.63) is 0 Å². The molecule has 0 bridgehead atoms. The van der Waals surface area contributed by atoms with Gasteiger partial charge < -0.3 is 4.74 Å². The number of rotatable bonds is 2. The molecule has 0 unspecified atom stereocenters. The van der Waals surface area contributed by atoms with Crippen LogP contribution >= 0.6 is 0 Å². The highest BCUT2D eigenvalue weighted by atomic mass is 16.5. The summed E-state index contributed by atoms with van der Waals surface area (Å²) < 4.78 is 5.28. The Morgan fingerprint density at radius 2 is 1.93 bits per heavy atom. The lowest BCUT2D eigenvalue weighted by molar-refractivity contribution is -0.0727. The van der Waals surface area contributed by atoms with Gasteiger partial charge >= 0.3 is 0 Å². The van der Waals surface area contributed by atoms with Crippen molar-refractivity contribution in [2.24, 2.45) is 5.41 Å². The second-order valence-corrected chi connectivity index (χ2v) is 5.99. The number of likely N-dealkylation sites (tertiary alicyclic amines) is 1. The summed E-state index contributed by atoms with van der Waals surface area (Å²) in [5, 5.41) is 0. The molecule has 0 aromatic rings. The molecular weight excluding hydrogens is 186 g/mol. The summed E-state index contributed by atoms with van der Waals surface area (Å²) in [7, 11) is 0. The van der Waals surface area contributed by atoms with Crippen molar-refractivity contribution >= 4 is 0 Å². The summed E-state index contributed by atoms with van der Waals surface area (Å²) in [5.74, 6) is 0. The number of hydrogen-bond donors (Lipinski definition) is 0. The van der Waals surface area contributed by atoms with Crippen LogP contribution in [0.4, 0.5) is 0 Å². The zero-order valence-electron chi connectivity index (χ0n) is 9.75. The van der Waals surface area contributed by atoms with Crippen LogP contribution in [0.1, 0.15) is 47.5 Å². The molecule has 2 aliphatic rings. The minimum Gasteiger partial charge on any atom is -0.378 e. The summed E-state index contributed by atoms with van der Waals surface area (Å²) in [6, 6.07) is 1.56. The molecule has 0 spiro atoms. The van der Waals surface area contributed by atoms with Crippen LogP contribution in [0.5, 0.6) is 0 Å². The van der Waals surface area contributed by atoms with E-state index in [1.165, 1.54) is 25.8 Å². The highest BCUT2D eigenvalue weighted by Gasteiger charge is 2.36. The average molecular weight is 213 g/mol. The van der Waals surface area contributed by atoms with Crippen LogP contribution < -0.4 is 0 Å². The lowest BCUT2D eigenvalue weighted by Crippen LogP contribution is -2.51. The number of ether oxygens (including phenoxy) is 1. The summed E-state index contributed by atoms with van der Waals surface area (Å²) in [5.41, 5.74) is 0.470. The molecule has 0 aromatic carbocycles. The maximum atomic E-state index is 5.28. The lowest BCUT2D eigenvalue weighted by Gasteiger charge is -2.40. The Labute approximate surface area is 95.0 Å². The minimum atomic E-state index is 0. The Kier molecular flexibility index (Phi) is 4.19. The largest absolute Gasteiger partial charge is 0.378 e. The van der Waals surface area contributed by atoms with Gasteiger partial charge in [0.2, 0.25) is 0 Å². The molecule has 2 saturated heterocycles. The summed E-state index contributed by atoms with van der Waals surface area (Å²) in [6.45, 7) is 10.3. The Balaban J connectivity index is 0.00000112. The van der Waals surface area contributed by atoms with E-state index in [4.69, 9.17) is 4.74 Å². The fraction of sp³-hybridized carbons (Fsp3) is 1.00. The van der Waals surface area contributed by atoms with Gasteiger partial charge in [-0.05, 0) is 31.2 Å². The third kappa shape index (κ3) is 3.18. The average Bonchev–Trinajstić information content (AvgIpc) is 2.30.